The smallest absolute Gasteiger partial charge is 0.328 e. The van der Waals surface area contributed by atoms with Crippen LogP contribution in [0.5, 0.6) is 0 Å². The fourth-order valence-electron chi connectivity index (χ4n) is 2.81. The topological polar surface area (TPSA) is 110 Å². The van der Waals surface area contributed by atoms with Gasteiger partial charge in [-0.15, -0.1) is 0 Å². The minimum absolute atomic E-state index is 0.00695. The van der Waals surface area contributed by atoms with E-state index in [1.165, 1.54) is 17.3 Å². The average Bonchev–Trinajstić information content (AvgIpc) is 3.08. The molecule has 0 fully saturated rings. The van der Waals surface area contributed by atoms with Crippen molar-refractivity contribution in [2.45, 2.75) is 47.1 Å². The average molecular weight is 425 g/mol. The van der Waals surface area contributed by atoms with Gasteiger partial charge in [-0.3, -0.25) is 13.9 Å². The lowest BCUT2D eigenvalue weighted by atomic mass is 9.95. The number of rotatable bonds is 7. The quantitative estimate of drug-likeness (QED) is 0.527. The van der Waals surface area contributed by atoms with Crippen LogP contribution in [0.3, 0.4) is 0 Å². The van der Waals surface area contributed by atoms with Crippen LogP contribution in [0.25, 0.3) is 0 Å². The van der Waals surface area contributed by atoms with Gasteiger partial charge in [0.15, 0.2) is 12.4 Å². The maximum atomic E-state index is 12.4. The van der Waals surface area contributed by atoms with Crippen molar-refractivity contribution in [1.29, 1.82) is 0 Å². The summed E-state index contributed by atoms with van der Waals surface area (Å²) in [5.74, 6) is -1.38. The molecule has 1 aliphatic rings. The molecule has 8 nitrogen and oxygen atoms in total. The summed E-state index contributed by atoms with van der Waals surface area (Å²) < 4.78 is 30.7. The SMILES string of the molecule is CCS(=O)(=O)N1CCc2cc(C(=O)COC(=O)C(C)NC(=O)C(C)(C)C)ccc21. The van der Waals surface area contributed by atoms with Crippen molar-refractivity contribution in [3.63, 3.8) is 0 Å². The van der Waals surface area contributed by atoms with Crippen LogP contribution < -0.4 is 9.62 Å². The van der Waals surface area contributed by atoms with Gasteiger partial charge in [-0.2, -0.15) is 0 Å². The molecule has 1 atom stereocenters. The number of nitrogens with zero attached hydrogens (tertiary/aromatic N) is 1. The molecule has 0 spiro atoms. The number of ketones is 1. The van der Waals surface area contributed by atoms with E-state index in [1.54, 1.807) is 39.8 Å². The van der Waals surface area contributed by atoms with Gasteiger partial charge in [0.2, 0.25) is 15.9 Å². The highest BCUT2D eigenvalue weighted by molar-refractivity contribution is 7.92. The van der Waals surface area contributed by atoms with E-state index in [-0.39, 0.29) is 11.7 Å². The third kappa shape index (κ3) is 5.35. The third-order valence-electron chi connectivity index (χ3n) is 4.68. The Morgan fingerprint density at radius 2 is 1.90 bits per heavy atom. The van der Waals surface area contributed by atoms with Crippen molar-refractivity contribution in [3.8, 4) is 0 Å². The molecule has 29 heavy (non-hydrogen) atoms. The number of carbonyl (C=O) groups excluding carboxylic acids is 3. The van der Waals surface area contributed by atoms with Crippen molar-refractivity contribution < 1.29 is 27.5 Å². The molecule has 1 heterocycles. The largest absolute Gasteiger partial charge is 0.456 e. The molecule has 1 N–H and O–H groups in total. The Hall–Kier alpha value is -2.42. The van der Waals surface area contributed by atoms with Gasteiger partial charge in [0.25, 0.3) is 0 Å². The van der Waals surface area contributed by atoms with Crippen LogP contribution in [0.2, 0.25) is 0 Å². The molecule has 1 aromatic rings. The van der Waals surface area contributed by atoms with Crippen molar-refractivity contribution >= 4 is 33.4 Å². The molecule has 0 saturated heterocycles. The molecular weight excluding hydrogens is 396 g/mol. The predicted octanol–water partition coefficient (Wildman–Crippen LogP) is 1.68. The molecule has 1 aliphatic heterocycles. The lowest BCUT2D eigenvalue weighted by molar-refractivity contribution is -0.147. The fourth-order valence-corrected chi connectivity index (χ4v) is 3.97. The highest BCUT2D eigenvalue weighted by atomic mass is 32.2. The number of Topliss-reactive ketones (excluding diaryl/α,β-unsaturated/α-hetero) is 1. The number of fused-ring (bicyclic) bond motifs is 1. The number of nitrogens with one attached hydrogen (secondary N) is 1. The fraction of sp³-hybridized carbons (Fsp3) is 0.550. The molecule has 0 saturated carbocycles. The third-order valence-corrected chi connectivity index (χ3v) is 6.46. The van der Waals surface area contributed by atoms with E-state index in [0.717, 1.165) is 5.56 Å². The second-order valence-corrected chi connectivity index (χ2v) is 10.2. The maximum absolute atomic E-state index is 12.4. The molecule has 0 bridgehead atoms. The second-order valence-electron chi connectivity index (χ2n) is 8.04. The summed E-state index contributed by atoms with van der Waals surface area (Å²) >= 11 is 0. The number of carbonyl (C=O) groups is 3. The van der Waals surface area contributed by atoms with Crippen molar-refractivity contribution in [2.75, 3.05) is 23.2 Å². The number of ether oxygens (including phenoxy) is 1. The van der Waals surface area contributed by atoms with Gasteiger partial charge in [0, 0.05) is 17.5 Å². The zero-order chi connectivity index (χ0) is 22.0. The first-order chi connectivity index (χ1) is 13.4. The van der Waals surface area contributed by atoms with Gasteiger partial charge in [0.1, 0.15) is 6.04 Å². The van der Waals surface area contributed by atoms with Crippen molar-refractivity contribution in [2.24, 2.45) is 5.41 Å². The molecule has 1 amide bonds. The first-order valence-electron chi connectivity index (χ1n) is 9.51. The van der Waals surface area contributed by atoms with Crippen LogP contribution in [0.15, 0.2) is 18.2 Å². The van der Waals surface area contributed by atoms with E-state index >= 15 is 0 Å². The number of hydrogen-bond acceptors (Lipinski definition) is 6. The Labute approximate surface area is 171 Å². The Bertz CT molecular complexity index is 917. The number of hydrogen-bond donors (Lipinski definition) is 1. The summed E-state index contributed by atoms with van der Waals surface area (Å²) in [7, 11) is -3.35. The van der Waals surface area contributed by atoms with E-state index in [1.807, 2.05) is 0 Å². The lowest BCUT2D eigenvalue weighted by Crippen LogP contribution is -2.45. The van der Waals surface area contributed by atoms with Gasteiger partial charge >= 0.3 is 5.97 Å². The normalized spacial score (nSPS) is 14.9. The molecule has 0 aliphatic carbocycles. The number of sulfonamides is 1. The molecular formula is C20H28N2O6S. The summed E-state index contributed by atoms with van der Waals surface area (Å²) in [5, 5.41) is 2.55. The number of anilines is 1. The minimum atomic E-state index is -3.35. The molecule has 1 aromatic carbocycles. The monoisotopic (exact) mass is 424 g/mol. The molecule has 0 aromatic heterocycles. The Kier molecular flexibility index (Phi) is 6.72. The van der Waals surface area contributed by atoms with Crippen molar-refractivity contribution in [3.05, 3.63) is 29.3 Å². The van der Waals surface area contributed by atoms with E-state index in [2.05, 4.69) is 5.32 Å². The molecule has 2 rings (SSSR count). The number of esters is 1. The summed E-state index contributed by atoms with van der Waals surface area (Å²) in [5.41, 5.74) is 1.05. The molecule has 1 unspecified atom stereocenters. The Balaban J connectivity index is 1.99. The van der Waals surface area contributed by atoms with Crippen LogP contribution in [0.4, 0.5) is 5.69 Å². The molecule has 9 heteroatoms. The summed E-state index contributed by atoms with van der Waals surface area (Å²) in [4.78, 5) is 36.4. The zero-order valence-electron chi connectivity index (χ0n) is 17.4. The van der Waals surface area contributed by atoms with Crippen LogP contribution >= 0.6 is 0 Å². The zero-order valence-corrected chi connectivity index (χ0v) is 18.3. The van der Waals surface area contributed by atoms with Gasteiger partial charge in [0.05, 0.1) is 11.4 Å². The molecule has 0 radical (unpaired) electrons. The first-order valence-corrected chi connectivity index (χ1v) is 11.1. The van der Waals surface area contributed by atoms with Crippen LogP contribution in [-0.2, 0) is 30.8 Å². The first kappa shape index (κ1) is 22.9. The number of amides is 1. The Morgan fingerprint density at radius 1 is 1.24 bits per heavy atom. The molecule has 160 valence electrons. The highest BCUT2D eigenvalue weighted by Crippen LogP contribution is 2.31. The number of benzene rings is 1. The van der Waals surface area contributed by atoms with E-state index in [9.17, 15) is 22.8 Å². The van der Waals surface area contributed by atoms with Gasteiger partial charge in [-0.25, -0.2) is 13.2 Å². The van der Waals surface area contributed by atoms with Crippen LogP contribution in [-0.4, -0.2) is 51.0 Å². The van der Waals surface area contributed by atoms with E-state index < -0.39 is 39.8 Å². The van der Waals surface area contributed by atoms with Crippen molar-refractivity contribution in [1.82, 2.24) is 5.32 Å². The second kappa shape index (κ2) is 8.52. The van der Waals surface area contributed by atoms with Crippen LogP contribution in [0, 0.1) is 5.41 Å². The minimum Gasteiger partial charge on any atom is -0.456 e. The summed E-state index contributed by atoms with van der Waals surface area (Å²) in [6.45, 7) is 8.16. The van der Waals surface area contributed by atoms with Gasteiger partial charge in [-0.1, -0.05) is 20.8 Å². The highest BCUT2D eigenvalue weighted by Gasteiger charge is 2.29. The maximum Gasteiger partial charge on any atom is 0.328 e. The predicted molar refractivity (Wildman–Crippen MR) is 109 cm³/mol. The van der Waals surface area contributed by atoms with E-state index in [4.69, 9.17) is 4.74 Å². The van der Waals surface area contributed by atoms with Gasteiger partial charge < -0.3 is 10.1 Å². The Morgan fingerprint density at radius 3 is 2.48 bits per heavy atom. The van der Waals surface area contributed by atoms with E-state index in [0.29, 0.717) is 24.2 Å². The summed E-state index contributed by atoms with van der Waals surface area (Å²) in [6.07, 6.45) is 0.519. The summed E-state index contributed by atoms with van der Waals surface area (Å²) in [6, 6.07) is 3.91. The van der Waals surface area contributed by atoms with Crippen LogP contribution in [0.1, 0.15) is 50.5 Å². The van der Waals surface area contributed by atoms with Gasteiger partial charge in [-0.05, 0) is 44.0 Å². The standard InChI is InChI=1S/C20H28N2O6S/c1-6-29(26,27)22-10-9-14-11-15(7-8-16(14)22)17(23)12-28-18(24)13(2)21-19(25)20(3,4)5/h7-8,11,13H,6,9-10,12H2,1-5H3,(H,21,25). The lowest BCUT2D eigenvalue weighted by Gasteiger charge is -2.21.